The van der Waals surface area contributed by atoms with Crippen molar-refractivity contribution in [2.45, 2.75) is 20.3 Å². The van der Waals surface area contributed by atoms with Crippen LogP contribution in [0.5, 0.6) is 0 Å². The number of hydrogen-bond donors (Lipinski definition) is 0. The van der Waals surface area contributed by atoms with Gasteiger partial charge < -0.3 is 0 Å². The highest BCUT2D eigenvalue weighted by molar-refractivity contribution is 14.1. The van der Waals surface area contributed by atoms with E-state index < -0.39 is 0 Å². The second-order valence-corrected chi connectivity index (χ2v) is 3.40. The van der Waals surface area contributed by atoms with Crippen LogP contribution in [0.1, 0.15) is 20.3 Å². The molecule has 0 fully saturated rings. The quantitative estimate of drug-likeness (QED) is 0.520. The van der Waals surface area contributed by atoms with E-state index in [2.05, 4.69) is 42.5 Å². The molecule has 0 aromatic rings. The molecule has 2 heteroatoms. The highest BCUT2D eigenvalue weighted by atomic mass is 127. The highest BCUT2D eigenvalue weighted by Gasteiger charge is 2.14. The molecule has 0 aromatic heterocycles. The Morgan fingerprint density at radius 1 is 1.62 bits per heavy atom. The molecule has 0 unspecified atom stereocenters. The molecular formula is C6H10IN. The van der Waals surface area contributed by atoms with Gasteiger partial charge in [-0.3, -0.25) is 0 Å². The van der Waals surface area contributed by atoms with E-state index in [9.17, 15) is 0 Å². The molecule has 0 radical (unpaired) electrons. The van der Waals surface area contributed by atoms with Gasteiger partial charge in [0.1, 0.15) is 0 Å². The Labute approximate surface area is 64.2 Å². The van der Waals surface area contributed by atoms with Crippen LogP contribution in [0, 0.1) is 16.7 Å². The van der Waals surface area contributed by atoms with Crippen LogP contribution in [-0.4, -0.2) is 4.43 Å². The zero-order valence-electron chi connectivity index (χ0n) is 5.24. The summed E-state index contributed by atoms with van der Waals surface area (Å²) >= 11 is 2.30. The van der Waals surface area contributed by atoms with Crippen LogP contribution in [0.3, 0.4) is 0 Å². The minimum atomic E-state index is 0.218. The van der Waals surface area contributed by atoms with Crippen LogP contribution in [0.15, 0.2) is 0 Å². The first-order chi connectivity index (χ1) is 3.62. The van der Waals surface area contributed by atoms with Gasteiger partial charge in [0.15, 0.2) is 0 Å². The number of alkyl halides is 1. The van der Waals surface area contributed by atoms with E-state index in [1.54, 1.807) is 0 Å². The van der Waals surface area contributed by atoms with Crippen LogP contribution in [0.2, 0.25) is 0 Å². The molecule has 46 valence electrons. The lowest BCUT2D eigenvalue weighted by atomic mass is 9.93. The maximum absolute atomic E-state index is 8.28. The zero-order chi connectivity index (χ0) is 6.62. The number of rotatable bonds is 2. The first-order valence-corrected chi connectivity index (χ1v) is 4.08. The van der Waals surface area contributed by atoms with E-state index in [1.807, 2.05) is 0 Å². The SMILES string of the molecule is CC(C)(CI)CC#N. The largest absolute Gasteiger partial charge is 0.198 e. The monoisotopic (exact) mass is 223 g/mol. The topological polar surface area (TPSA) is 23.8 Å². The van der Waals surface area contributed by atoms with Gasteiger partial charge in [0.05, 0.1) is 6.07 Å². The van der Waals surface area contributed by atoms with Crippen molar-refractivity contribution in [3.63, 3.8) is 0 Å². The Balaban J connectivity index is 3.58. The number of nitriles is 1. The average molecular weight is 223 g/mol. The molecule has 0 saturated carbocycles. The molecule has 0 aliphatic heterocycles. The van der Waals surface area contributed by atoms with Crippen molar-refractivity contribution in [2.75, 3.05) is 4.43 Å². The summed E-state index contributed by atoms with van der Waals surface area (Å²) in [5.74, 6) is 0. The van der Waals surface area contributed by atoms with E-state index in [-0.39, 0.29) is 5.41 Å². The minimum absolute atomic E-state index is 0.218. The van der Waals surface area contributed by atoms with Gasteiger partial charge in [0.2, 0.25) is 0 Å². The molecule has 0 amide bonds. The molecule has 0 atom stereocenters. The fourth-order valence-corrected chi connectivity index (χ4v) is 0.531. The second kappa shape index (κ2) is 3.29. The Morgan fingerprint density at radius 3 is 2.25 bits per heavy atom. The Bertz CT molecular complexity index is 102. The van der Waals surface area contributed by atoms with Gasteiger partial charge in [-0.1, -0.05) is 36.4 Å². The third kappa shape index (κ3) is 3.25. The third-order valence-corrected chi connectivity index (χ3v) is 2.98. The number of hydrogen-bond acceptors (Lipinski definition) is 1. The lowest BCUT2D eigenvalue weighted by Gasteiger charge is -2.15. The maximum atomic E-state index is 8.28. The summed E-state index contributed by atoms with van der Waals surface area (Å²) < 4.78 is 1.05. The molecule has 0 heterocycles. The summed E-state index contributed by atoms with van der Waals surface area (Å²) in [6, 6.07) is 2.15. The van der Waals surface area contributed by atoms with E-state index in [0.717, 1.165) is 4.43 Å². The molecule has 0 aliphatic carbocycles. The zero-order valence-corrected chi connectivity index (χ0v) is 7.40. The van der Waals surface area contributed by atoms with E-state index in [0.29, 0.717) is 6.42 Å². The summed E-state index contributed by atoms with van der Waals surface area (Å²) in [5, 5.41) is 8.28. The molecule has 0 spiro atoms. The predicted molar refractivity (Wildman–Crippen MR) is 42.9 cm³/mol. The standard InChI is InChI=1S/C6H10IN/c1-6(2,5-7)3-4-8/h3,5H2,1-2H3. The van der Waals surface area contributed by atoms with Gasteiger partial charge in [-0.25, -0.2) is 0 Å². The van der Waals surface area contributed by atoms with E-state index in [4.69, 9.17) is 5.26 Å². The van der Waals surface area contributed by atoms with Crippen molar-refractivity contribution in [3.8, 4) is 6.07 Å². The average Bonchev–Trinajstić information content (AvgIpc) is 1.67. The smallest absolute Gasteiger partial charge is 0.0627 e. The fourth-order valence-electron chi connectivity index (χ4n) is 0.261. The van der Waals surface area contributed by atoms with Crippen molar-refractivity contribution in [3.05, 3.63) is 0 Å². The lowest BCUT2D eigenvalue weighted by Crippen LogP contribution is -2.10. The van der Waals surface area contributed by atoms with E-state index in [1.165, 1.54) is 0 Å². The van der Waals surface area contributed by atoms with Gasteiger partial charge in [0, 0.05) is 10.8 Å². The fraction of sp³-hybridized carbons (Fsp3) is 0.833. The summed E-state index contributed by atoms with van der Waals surface area (Å²) in [7, 11) is 0. The molecule has 1 nitrogen and oxygen atoms in total. The molecule has 0 aromatic carbocycles. The van der Waals surface area contributed by atoms with Crippen LogP contribution in [0.25, 0.3) is 0 Å². The Morgan fingerprint density at radius 2 is 2.12 bits per heavy atom. The summed E-state index contributed by atoms with van der Waals surface area (Å²) in [4.78, 5) is 0. The lowest BCUT2D eigenvalue weighted by molar-refractivity contribution is 0.444. The summed E-state index contributed by atoms with van der Waals surface area (Å²) in [5.41, 5.74) is 0.218. The number of nitrogens with zero attached hydrogens (tertiary/aromatic N) is 1. The molecular weight excluding hydrogens is 213 g/mol. The van der Waals surface area contributed by atoms with Crippen molar-refractivity contribution in [1.29, 1.82) is 5.26 Å². The van der Waals surface area contributed by atoms with Gasteiger partial charge in [0.25, 0.3) is 0 Å². The number of halogens is 1. The van der Waals surface area contributed by atoms with E-state index >= 15 is 0 Å². The third-order valence-electron chi connectivity index (χ3n) is 0.919. The van der Waals surface area contributed by atoms with Crippen LogP contribution in [-0.2, 0) is 0 Å². The second-order valence-electron chi connectivity index (χ2n) is 2.63. The van der Waals surface area contributed by atoms with Crippen molar-refractivity contribution >= 4 is 22.6 Å². The van der Waals surface area contributed by atoms with Crippen LogP contribution in [0.4, 0.5) is 0 Å². The van der Waals surface area contributed by atoms with Gasteiger partial charge in [-0.2, -0.15) is 5.26 Å². The summed E-state index contributed by atoms with van der Waals surface area (Å²) in [6.07, 6.45) is 0.663. The molecule has 0 bridgehead atoms. The van der Waals surface area contributed by atoms with Crippen molar-refractivity contribution < 1.29 is 0 Å². The van der Waals surface area contributed by atoms with Gasteiger partial charge >= 0.3 is 0 Å². The van der Waals surface area contributed by atoms with Crippen molar-refractivity contribution in [1.82, 2.24) is 0 Å². The molecule has 0 aliphatic rings. The van der Waals surface area contributed by atoms with Crippen LogP contribution < -0.4 is 0 Å². The summed E-state index contributed by atoms with van der Waals surface area (Å²) in [6.45, 7) is 4.20. The Kier molecular flexibility index (Phi) is 3.38. The first-order valence-electron chi connectivity index (χ1n) is 2.55. The van der Waals surface area contributed by atoms with Crippen LogP contribution >= 0.6 is 22.6 Å². The molecule has 0 N–H and O–H groups in total. The Hall–Kier alpha value is 0.220. The molecule has 8 heavy (non-hydrogen) atoms. The van der Waals surface area contributed by atoms with Gasteiger partial charge in [-0.05, 0) is 5.41 Å². The van der Waals surface area contributed by atoms with Gasteiger partial charge in [-0.15, -0.1) is 0 Å². The van der Waals surface area contributed by atoms with Crippen molar-refractivity contribution in [2.24, 2.45) is 5.41 Å². The maximum Gasteiger partial charge on any atom is 0.0627 e. The minimum Gasteiger partial charge on any atom is -0.198 e. The highest BCUT2D eigenvalue weighted by Crippen LogP contribution is 2.21. The normalized spacial score (nSPS) is 10.8. The molecule has 0 rings (SSSR count). The molecule has 0 saturated heterocycles. The predicted octanol–water partition coefficient (Wildman–Crippen LogP) is 2.36. The first kappa shape index (κ1) is 8.22.